The zero-order chi connectivity index (χ0) is 20.6. The van der Waals surface area contributed by atoms with Gasteiger partial charge in [-0.05, 0) is 37.5 Å². The van der Waals surface area contributed by atoms with Gasteiger partial charge in [0.15, 0.2) is 0 Å². The molecule has 2 amide bonds. The van der Waals surface area contributed by atoms with Crippen LogP contribution in [0.3, 0.4) is 0 Å². The molecule has 1 aromatic carbocycles. The van der Waals surface area contributed by atoms with Crippen LogP contribution in [0.2, 0.25) is 0 Å². The molecular weight excluding hydrogens is 372 g/mol. The molecule has 29 heavy (non-hydrogen) atoms. The second kappa shape index (κ2) is 7.51. The van der Waals surface area contributed by atoms with Crippen LogP contribution in [0.25, 0.3) is 11.3 Å². The summed E-state index contributed by atoms with van der Waals surface area (Å²) in [6, 6.07) is 9.25. The highest BCUT2D eigenvalue weighted by Crippen LogP contribution is 2.40. The Morgan fingerprint density at radius 1 is 1.31 bits per heavy atom. The largest absolute Gasteiger partial charge is 0.497 e. The molecule has 0 bridgehead atoms. The standard InChI is InChI=1S/C21H26N4O4/c1-24-13-15(26)12-21(20(24)28)6-8-25(9-7-21)19(27)18-11-17(22-23-18)14-4-3-5-16(10-14)29-2/h3-5,10-11,15,26H,6-9,12-13H2,1-2H3,(H,22,23). The number of amides is 2. The molecule has 2 saturated heterocycles. The van der Waals surface area contributed by atoms with E-state index in [0.29, 0.717) is 50.3 Å². The fourth-order valence-corrected chi connectivity index (χ4v) is 4.49. The van der Waals surface area contributed by atoms with Gasteiger partial charge in [0.1, 0.15) is 11.4 Å². The molecule has 1 unspecified atom stereocenters. The average Bonchev–Trinajstić information content (AvgIpc) is 3.22. The number of aromatic nitrogens is 2. The minimum Gasteiger partial charge on any atom is -0.497 e. The van der Waals surface area contributed by atoms with E-state index in [9.17, 15) is 14.7 Å². The van der Waals surface area contributed by atoms with Crippen LogP contribution in [0.4, 0.5) is 0 Å². The van der Waals surface area contributed by atoms with Crippen molar-refractivity contribution in [2.45, 2.75) is 25.4 Å². The number of β-amino-alcohol motifs (C(OH)–C–C–N with tert-alkyl or cyclic N) is 1. The summed E-state index contributed by atoms with van der Waals surface area (Å²) in [7, 11) is 3.34. The number of hydrogen-bond donors (Lipinski definition) is 2. The van der Waals surface area contributed by atoms with Crippen LogP contribution < -0.4 is 4.74 Å². The number of methoxy groups -OCH3 is 1. The lowest BCUT2D eigenvalue weighted by molar-refractivity contribution is -0.154. The Hall–Kier alpha value is -2.87. The van der Waals surface area contributed by atoms with Gasteiger partial charge in [0, 0.05) is 32.2 Å². The summed E-state index contributed by atoms with van der Waals surface area (Å²) >= 11 is 0. The molecule has 1 aromatic heterocycles. The van der Waals surface area contributed by atoms with Crippen molar-refractivity contribution in [2.75, 3.05) is 33.8 Å². The summed E-state index contributed by atoms with van der Waals surface area (Å²) in [5, 5.41) is 17.2. The van der Waals surface area contributed by atoms with E-state index in [-0.39, 0.29) is 11.8 Å². The van der Waals surface area contributed by atoms with Crippen molar-refractivity contribution in [3.8, 4) is 17.0 Å². The van der Waals surface area contributed by atoms with Crippen LogP contribution >= 0.6 is 0 Å². The predicted molar refractivity (Wildman–Crippen MR) is 106 cm³/mol. The number of aliphatic hydroxyl groups is 1. The third-order valence-electron chi connectivity index (χ3n) is 6.09. The number of benzene rings is 1. The second-order valence-electron chi connectivity index (χ2n) is 8.01. The minimum atomic E-state index is -0.553. The maximum atomic E-state index is 12.9. The van der Waals surface area contributed by atoms with Crippen LogP contribution in [-0.4, -0.2) is 76.8 Å². The van der Waals surface area contributed by atoms with Gasteiger partial charge in [-0.2, -0.15) is 5.10 Å². The lowest BCUT2D eigenvalue weighted by Gasteiger charge is -2.46. The number of nitrogens with zero attached hydrogens (tertiary/aromatic N) is 3. The highest BCUT2D eigenvalue weighted by atomic mass is 16.5. The number of likely N-dealkylation sites (N-methyl/N-ethyl adjacent to an activating group) is 1. The summed E-state index contributed by atoms with van der Waals surface area (Å²) in [4.78, 5) is 29.0. The number of likely N-dealkylation sites (tertiary alicyclic amines) is 2. The first-order chi connectivity index (χ1) is 13.9. The summed E-state index contributed by atoms with van der Waals surface area (Å²) in [6.07, 6.45) is 1.10. The molecule has 2 aromatic rings. The van der Waals surface area contributed by atoms with E-state index in [0.717, 1.165) is 11.3 Å². The van der Waals surface area contributed by atoms with Gasteiger partial charge in [-0.3, -0.25) is 14.7 Å². The Morgan fingerprint density at radius 2 is 2.07 bits per heavy atom. The van der Waals surface area contributed by atoms with E-state index in [2.05, 4.69) is 10.2 Å². The van der Waals surface area contributed by atoms with E-state index in [1.165, 1.54) is 0 Å². The van der Waals surface area contributed by atoms with Crippen molar-refractivity contribution < 1.29 is 19.4 Å². The molecule has 2 aliphatic heterocycles. The van der Waals surface area contributed by atoms with Gasteiger partial charge in [0.2, 0.25) is 5.91 Å². The smallest absolute Gasteiger partial charge is 0.271 e. The van der Waals surface area contributed by atoms with Crippen LogP contribution in [0.1, 0.15) is 29.8 Å². The molecule has 1 spiro atoms. The van der Waals surface area contributed by atoms with Crippen molar-refractivity contribution >= 4 is 11.8 Å². The van der Waals surface area contributed by atoms with E-state index in [1.54, 1.807) is 30.0 Å². The van der Waals surface area contributed by atoms with Gasteiger partial charge < -0.3 is 19.6 Å². The Kier molecular flexibility index (Phi) is 5.04. The molecule has 2 fully saturated rings. The third kappa shape index (κ3) is 3.60. The highest BCUT2D eigenvalue weighted by Gasteiger charge is 2.48. The zero-order valence-electron chi connectivity index (χ0n) is 16.7. The fourth-order valence-electron chi connectivity index (χ4n) is 4.49. The lowest BCUT2D eigenvalue weighted by atomic mass is 9.71. The van der Waals surface area contributed by atoms with Gasteiger partial charge in [0.25, 0.3) is 5.91 Å². The SMILES string of the molecule is COc1cccc(-c2cc(C(=O)N3CCC4(CC3)CC(O)CN(C)C4=O)[nH]n2)c1. The molecule has 154 valence electrons. The van der Waals surface area contributed by atoms with Crippen molar-refractivity contribution in [1.82, 2.24) is 20.0 Å². The van der Waals surface area contributed by atoms with Crippen LogP contribution in [-0.2, 0) is 4.79 Å². The first-order valence-corrected chi connectivity index (χ1v) is 9.85. The molecule has 4 rings (SSSR count). The Balaban J connectivity index is 1.45. The first kappa shape index (κ1) is 19.4. The molecule has 8 heteroatoms. The number of carbonyl (C=O) groups excluding carboxylic acids is 2. The highest BCUT2D eigenvalue weighted by molar-refractivity contribution is 5.94. The van der Waals surface area contributed by atoms with Gasteiger partial charge in [0.05, 0.1) is 24.3 Å². The number of ether oxygens (including phenoxy) is 1. The normalized spacial score (nSPS) is 21.5. The number of nitrogens with one attached hydrogen (secondary N) is 1. The van der Waals surface area contributed by atoms with Crippen molar-refractivity contribution in [3.05, 3.63) is 36.0 Å². The number of rotatable bonds is 3. The number of carbonyl (C=O) groups is 2. The van der Waals surface area contributed by atoms with Crippen molar-refractivity contribution in [3.63, 3.8) is 0 Å². The zero-order valence-corrected chi connectivity index (χ0v) is 16.7. The molecule has 0 aliphatic carbocycles. The molecule has 8 nitrogen and oxygen atoms in total. The fraction of sp³-hybridized carbons (Fsp3) is 0.476. The third-order valence-corrected chi connectivity index (χ3v) is 6.09. The lowest BCUT2D eigenvalue weighted by Crippen LogP contribution is -2.56. The molecule has 3 heterocycles. The summed E-state index contributed by atoms with van der Waals surface area (Å²) in [5.74, 6) is 0.680. The Bertz CT molecular complexity index is 917. The molecule has 2 N–H and O–H groups in total. The van der Waals surface area contributed by atoms with Gasteiger partial charge in [-0.1, -0.05) is 12.1 Å². The van der Waals surface area contributed by atoms with Crippen LogP contribution in [0.5, 0.6) is 5.75 Å². The first-order valence-electron chi connectivity index (χ1n) is 9.85. The quantitative estimate of drug-likeness (QED) is 0.817. The Labute approximate surface area is 169 Å². The van der Waals surface area contributed by atoms with E-state index < -0.39 is 11.5 Å². The summed E-state index contributed by atoms with van der Waals surface area (Å²) in [5.41, 5.74) is 1.41. The number of H-pyrrole nitrogens is 1. The molecule has 2 aliphatic rings. The van der Waals surface area contributed by atoms with Gasteiger partial charge in [-0.15, -0.1) is 0 Å². The maximum absolute atomic E-state index is 12.9. The predicted octanol–water partition coefficient (Wildman–Crippen LogP) is 1.53. The van der Waals surface area contributed by atoms with Crippen molar-refractivity contribution in [2.24, 2.45) is 5.41 Å². The van der Waals surface area contributed by atoms with E-state index >= 15 is 0 Å². The summed E-state index contributed by atoms with van der Waals surface area (Å²) in [6.45, 7) is 1.35. The summed E-state index contributed by atoms with van der Waals surface area (Å²) < 4.78 is 5.24. The molecular formula is C21H26N4O4. The van der Waals surface area contributed by atoms with Crippen molar-refractivity contribution in [1.29, 1.82) is 0 Å². The Morgan fingerprint density at radius 3 is 2.79 bits per heavy atom. The molecule has 0 saturated carbocycles. The molecule has 0 radical (unpaired) electrons. The topological polar surface area (TPSA) is 98.8 Å². The van der Waals surface area contributed by atoms with Gasteiger partial charge in [-0.25, -0.2) is 0 Å². The molecule has 1 atom stereocenters. The van der Waals surface area contributed by atoms with E-state index in [1.807, 2.05) is 24.3 Å². The number of piperidine rings is 2. The number of hydrogen-bond acceptors (Lipinski definition) is 5. The van der Waals surface area contributed by atoms with Crippen LogP contribution in [0.15, 0.2) is 30.3 Å². The number of aliphatic hydroxyl groups excluding tert-OH is 1. The van der Waals surface area contributed by atoms with Gasteiger partial charge >= 0.3 is 0 Å². The minimum absolute atomic E-state index is 0.0803. The number of aromatic amines is 1. The van der Waals surface area contributed by atoms with Crippen LogP contribution in [0, 0.1) is 5.41 Å². The monoisotopic (exact) mass is 398 g/mol. The average molecular weight is 398 g/mol. The van der Waals surface area contributed by atoms with E-state index in [4.69, 9.17) is 4.74 Å². The second-order valence-corrected chi connectivity index (χ2v) is 8.01. The maximum Gasteiger partial charge on any atom is 0.271 e.